The Bertz CT molecular complexity index is 992. The molecule has 198 valence electrons. The predicted octanol–water partition coefficient (Wildman–Crippen LogP) is 4.25. The topological polar surface area (TPSA) is 119 Å². The van der Waals surface area contributed by atoms with E-state index in [2.05, 4.69) is 31.4 Å². The summed E-state index contributed by atoms with van der Waals surface area (Å²) in [5.74, 6) is -1.09. The van der Waals surface area contributed by atoms with Crippen molar-refractivity contribution in [2.24, 2.45) is 0 Å². The number of carbonyl (C=O) groups is 2. The fourth-order valence-electron chi connectivity index (χ4n) is 4.39. The van der Waals surface area contributed by atoms with Gasteiger partial charge in [-0.2, -0.15) is 0 Å². The summed E-state index contributed by atoms with van der Waals surface area (Å²) >= 11 is 0. The Morgan fingerprint density at radius 3 is 2.33 bits per heavy atom. The van der Waals surface area contributed by atoms with Gasteiger partial charge >= 0.3 is 5.97 Å². The Morgan fingerprint density at radius 1 is 1.08 bits per heavy atom. The number of nitrogens with one attached hydrogen (secondary N) is 2. The van der Waals surface area contributed by atoms with Crippen LogP contribution in [0.15, 0.2) is 48.5 Å². The van der Waals surface area contributed by atoms with E-state index in [-0.39, 0.29) is 23.5 Å². The summed E-state index contributed by atoms with van der Waals surface area (Å²) < 4.78 is 0. The number of aromatic hydroxyl groups is 1. The molecule has 5 N–H and O–H groups in total. The average Bonchev–Trinajstić information content (AvgIpc) is 2.83. The number of carboxylic acids is 1. The number of aliphatic hydroxyl groups excluding tert-OH is 1. The van der Waals surface area contributed by atoms with Gasteiger partial charge in [0.1, 0.15) is 5.75 Å². The van der Waals surface area contributed by atoms with Crippen LogP contribution in [0.4, 0.5) is 0 Å². The number of aryl methyl sites for hydroxylation is 1. The predicted molar refractivity (Wildman–Crippen MR) is 142 cm³/mol. The number of carboxylic acid groups (broad SMARTS) is 1. The highest BCUT2D eigenvalue weighted by Crippen LogP contribution is 2.30. The third kappa shape index (κ3) is 8.64. The first kappa shape index (κ1) is 29.3. The first-order valence-corrected chi connectivity index (χ1v) is 12.7. The van der Waals surface area contributed by atoms with Gasteiger partial charge in [0.05, 0.1) is 24.6 Å². The van der Waals surface area contributed by atoms with E-state index in [1.54, 1.807) is 13.0 Å². The third-order valence-corrected chi connectivity index (χ3v) is 7.05. The summed E-state index contributed by atoms with van der Waals surface area (Å²) in [5, 5.41) is 35.8. The number of aliphatic carboxylic acids is 1. The van der Waals surface area contributed by atoms with Gasteiger partial charge in [-0.05, 0) is 73.7 Å². The Morgan fingerprint density at radius 2 is 1.75 bits per heavy atom. The second-order valence-electron chi connectivity index (χ2n) is 10.4. The maximum absolute atomic E-state index is 13.0. The van der Waals surface area contributed by atoms with Gasteiger partial charge in [-0.3, -0.25) is 9.59 Å². The summed E-state index contributed by atoms with van der Waals surface area (Å²) in [4.78, 5) is 24.4. The molecule has 0 aliphatic carbocycles. The van der Waals surface area contributed by atoms with Gasteiger partial charge in [0, 0.05) is 0 Å². The molecule has 0 bridgehead atoms. The number of aliphatic hydroxyl groups is 1. The summed E-state index contributed by atoms with van der Waals surface area (Å²) in [6.45, 7) is 10.2. The van der Waals surface area contributed by atoms with Gasteiger partial charge in [0.25, 0.3) is 0 Å². The lowest BCUT2D eigenvalue weighted by Gasteiger charge is -2.28. The molecule has 0 aromatic heterocycles. The number of phenolic OH excluding ortho intramolecular Hbond substituents is 1. The number of hydrogen-bond acceptors (Lipinski definition) is 5. The monoisotopic (exact) mass is 498 g/mol. The molecule has 0 heterocycles. The van der Waals surface area contributed by atoms with Crippen LogP contribution in [-0.4, -0.2) is 51.9 Å². The molecule has 0 spiro atoms. The first-order chi connectivity index (χ1) is 16.9. The molecule has 0 aliphatic rings. The molecule has 0 saturated heterocycles. The zero-order valence-electron chi connectivity index (χ0n) is 22.1. The lowest BCUT2D eigenvalue weighted by molar-refractivity contribution is -0.140. The van der Waals surface area contributed by atoms with Crippen LogP contribution in [0.2, 0.25) is 0 Å². The lowest BCUT2D eigenvalue weighted by atomic mass is 9.81. The second-order valence-corrected chi connectivity index (χ2v) is 10.4. The number of hydrogen-bond donors (Lipinski definition) is 5. The SMILES string of the molecule is CCC(CC(O)C(C)NC(=O)C(CC(=O)O)NCCC(C)(C)c1ccc(O)c(C)c1)c1ccccc1. The van der Waals surface area contributed by atoms with Crippen molar-refractivity contribution in [3.05, 3.63) is 65.2 Å². The number of benzene rings is 2. The minimum atomic E-state index is -1.07. The zero-order chi connectivity index (χ0) is 26.9. The zero-order valence-corrected chi connectivity index (χ0v) is 22.1. The van der Waals surface area contributed by atoms with Gasteiger partial charge < -0.3 is 26.0 Å². The molecule has 36 heavy (non-hydrogen) atoms. The number of carbonyl (C=O) groups excluding carboxylic acids is 1. The molecule has 2 rings (SSSR count). The van der Waals surface area contributed by atoms with E-state index in [0.717, 1.165) is 23.1 Å². The van der Waals surface area contributed by atoms with E-state index >= 15 is 0 Å². The Kier molecular flexibility index (Phi) is 10.9. The van der Waals surface area contributed by atoms with Crippen LogP contribution < -0.4 is 10.6 Å². The van der Waals surface area contributed by atoms with Crippen molar-refractivity contribution >= 4 is 11.9 Å². The van der Waals surface area contributed by atoms with Gasteiger partial charge in [-0.1, -0.05) is 63.2 Å². The van der Waals surface area contributed by atoms with Gasteiger partial charge in [0.2, 0.25) is 5.91 Å². The smallest absolute Gasteiger partial charge is 0.305 e. The average molecular weight is 499 g/mol. The molecule has 2 aromatic carbocycles. The normalized spacial score (nSPS) is 15.1. The van der Waals surface area contributed by atoms with Crippen molar-refractivity contribution in [3.8, 4) is 5.75 Å². The summed E-state index contributed by atoms with van der Waals surface area (Å²) in [6.07, 6.45) is 0.907. The fraction of sp³-hybridized carbons (Fsp3) is 0.517. The van der Waals surface area contributed by atoms with Crippen LogP contribution in [0.1, 0.15) is 76.0 Å². The fourth-order valence-corrected chi connectivity index (χ4v) is 4.39. The third-order valence-electron chi connectivity index (χ3n) is 7.05. The van der Waals surface area contributed by atoms with Crippen molar-refractivity contribution in [1.82, 2.24) is 10.6 Å². The molecule has 1 amide bonds. The molecule has 0 saturated carbocycles. The largest absolute Gasteiger partial charge is 0.508 e. The highest BCUT2D eigenvalue weighted by atomic mass is 16.4. The molecule has 0 aliphatic heterocycles. The number of rotatable bonds is 14. The summed E-state index contributed by atoms with van der Waals surface area (Å²) in [5.41, 5.74) is 2.75. The van der Waals surface area contributed by atoms with Crippen LogP contribution in [0, 0.1) is 6.92 Å². The Hall–Kier alpha value is -2.90. The number of amides is 1. The van der Waals surface area contributed by atoms with Crippen molar-refractivity contribution < 1.29 is 24.9 Å². The molecule has 0 radical (unpaired) electrons. The maximum atomic E-state index is 13.0. The molecule has 4 unspecified atom stereocenters. The van der Waals surface area contributed by atoms with Crippen LogP contribution in [0.5, 0.6) is 5.75 Å². The van der Waals surface area contributed by atoms with Crippen molar-refractivity contribution in [1.29, 1.82) is 0 Å². The van der Waals surface area contributed by atoms with E-state index in [4.69, 9.17) is 0 Å². The van der Waals surface area contributed by atoms with Crippen LogP contribution in [0.3, 0.4) is 0 Å². The van der Waals surface area contributed by atoms with E-state index in [1.165, 1.54) is 0 Å². The quantitative estimate of drug-likeness (QED) is 0.266. The second kappa shape index (κ2) is 13.4. The number of phenols is 1. The summed E-state index contributed by atoms with van der Waals surface area (Å²) in [7, 11) is 0. The minimum absolute atomic E-state index is 0.166. The maximum Gasteiger partial charge on any atom is 0.305 e. The molecular formula is C29H42N2O5. The lowest BCUT2D eigenvalue weighted by Crippen LogP contribution is -2.51. The van der Waals surface area contributed by atoms with Gasteiger partial charge in [-0.15, -0.1) is 0 Å². The molecule has 4 atom stereocenters. The standard InChI is InChI=1S/C29H42N2O5/c1-6-21(22-10-8-7-9-11-22)17-26(33)20(3)31-28(36)24(18-27(34)35)30-15-14-29(4,5)23-12-13-25(32)19(2)16-23/h7-13,16,20-21,24,26,30,32-33H,6,14-15,17-18H2,1-5H3,(H,31,36)(H,34,35). The molecule has 7 heteroatoms. The van der Waals surface area contributed by atoms with Crippen LogP contribution in [0.25, 0.3) is 0 Å². The highest BCUT2D eigenvalue weighted by Gasteiger charge is 2.28. The summed E-state index contributed by atoms with van der Waals surface area (Å²) in [6, 6.07) is 14.0. The Labute approximate surface area is 214 Å². The molecule has 0 fully saturated rings. The van der Waals surface area contributed by atoms with Crippen LogP contribution in [-0.2, 0) is 15.0 Å². The minimum Gasteiger partial charge on any atom is -0.508 e. The van der Waals surface area contributed by atoms with Crippen molar-refractivity contribution in [3.63, 3.8) is 0 Å². The van der Waals surface area contributed by atoms with Gasteiger partial charge in [0.15, 0.2) is 0 Å². The van der Waals surface area contributed by atoms with E-state index in [1.807, 2.05) is 49.4 Å². The molecular weight excluding hydrogens is 456 g/mol. The van der Waals surface area contributed by atoms with E-state index < -0.39 is 30.1 Å². The van der Waals surface area contributed by atoms with Crippen molar-refractivity contribution in [2.75, 3.05) is 6.54 Å². The van der Waals surface area contributed by atoms with E-state index in [0.29, 0.717) is 19.4 Å². The van der Waals surface area contributed by atoms with Crippen molar-refractivity contribution in [2.45, 2.75) is 89.8 Å². The van der Waals surface area contributed by atoms with E-state index in [9.17, 15) is 24.9 Å². The molecule has 7 nitrogen and oxygen atoms in total. The van der Waals surface area contributed by atoms with Crippen LogP contribution >= 0.6 is 0 Å². The van der Waals surface area contributed by atoms with Gasteiger partial charge in [-0.25, -0.2) is 0 Å². The molecule has 2 aromatic rings. The Balaban J connectivity index is 1.96. The highest BCUT2D eigenvalue weighted by molar-refractivity contribution is 5.86. The first-order valence-electron chi connectivity index (χ1n) is 12.7.